The van der Waals surface area contributed by atoms with Crippen LogP contribution < -0.4 is 10.6 Å². The second-order valence-electron chi connectivity index (χ2n) is 5.78. The van der Waals surface area contributed by atoms with Crippen molar-refractivity contribution < 1.29 is 5.11 Å². The van der Waals surface area contributed by atoms with Gasteiger partial charge in [-0.1, -0.05) is 13.0 Å². The van der Waals surface area contributed by atoms with E-state index in [4.69, 9.17) is 0 Å². The van der Waals surface area contributed by atoms with Crippen LogP contribution in [0.1, 0.15) is 32.4 Å². The second kappa shape index (κ2) is 9.13. The van der Waals surface area contributed by atoms with Gasteiger partial charge >= 0.3 is 0 Å². The summed E-state index contributed by atoms with van der Waals surface area (Å²) in [5.41, 5.74) is 0.428. The van der Waals surface area contributed by atoms with E-state index in [2.05, 4.69) is 27.5 Å². The molecule has 5 nitrogen and oxygen atoms in total. The van der Waals surface area contributed by atoms with Gasteiger partial charge in [-0.05, 0) is 37.7 Å². The molecule has 1 aliphatic rings. The third-order valence-corrected chi connectivity index (χ3v) is 5.47. The monoisotopic (exact) mass is 336 g/mol. The molecule has 2 unspecified atom stereocenters. The van der Waals surface area contributed by atoms with E-state index in [0.717, 1.165) is 49.8 Å². The van der Waals surface area contributed by atoms with Gasteiger partial charge in [-0.2, -0.15) is 11.8 Å². The Bertz CT molecular complexity index is 497. The molecule has 3 N–H and O–H groups in total. The van der Waals surface area contributed by atoms with Gasteiger partial charge in [-0.25, -0.2) is 0 Å². The van der Waals surface area contributed by atoms with E-state index >= 15 is 0 Å². The molecule has 1 aromatic rings. The Kier molecular flexibility index (Phi) is 7.17. The highest BCUT2D eigenvalue weighted by Gasteiger charge is 2.45. The van der Waals surface area contributed by atoms with E-state index in [-0.39, 0.29) is 0 Å². The molecular weight excluding hydrogens is 308 g/mol. The van der Waals surface area contributed by atoms with Crippen molar-refractivity contribution in [3.05, 3.63) is 30.1 Å². The lowest BCUT2D eigenvalue weighted by atomic mass is 9.79. The minimum Gasteiger partial charge on any atom is -0.387 e. The highest BCUT2D eigenvalue weighted by Crippen LogP contribution is 2.41. The van der Waals surface area contributed by atoms with E-state index in [1.807, 2.05) is 43.1 Å². The number of hydrogen-bond donors (Lipinski definition) is 3. The summed E-state index contributed by atoms with van der Waals surface area (Å²) in [5.74, 6) is 1.81. The van der Waals surface area contributed by atoms with E-state index in [1.54, 1.807) is 0 Å². The number of nitrogens with one attached hydrogen (secondary N) is 2. The van der Waals surface area contributed by atoms with Crippen LogP contribution >= 0.6 is 11.8 Å². The Morgan fingerprint density at radius 3 is 2.91 bits per heavy atom. The highest BCUT2D eigenvalue weighted by molar-refractivity contribution is 8.00. The van der Waals surface area contributed by atoms with Gasteiger partial charge in [0.2, 0.25) is 0 Å². The maximum atomic E-state index is 10.6. The summed E-state index contributed by atoms with van der Waals surface area (Å²) < 4.78 is 0. The molecule has 1 heterocycles. The van der Waals surface area contributed by atoms with Crippen LogP contribution in [0.2, 0.25) is 0 Å². The molecule has 1 saturated carbocycles. The van der Waals surface area contributed by atoms with Crippen LogP contribution in [0.15, 0.2) is 29.4 Å². The van der Waals surface area contributed by atoms with Crippen molar-refractivity contribution in [2.24, 2.45) is 4.99 Å². The largest absolute Gasteiger partial charge is 0.387 e. The second-order valence-corrected chi connectivity index (χ2v) is 7.26. The van der Waals surface area contributed by atoms with E-state index < -0.39 is 5.60 Å². The quantitative estimate of drug-likeness (QED) is 0.499. The first kappa shape index (κ1) is 18.1. The van der Waals surface area contributed by atoms with Crippen LogP contribution in [-0.2, 0) is 6.42 Å². The summed E-state index contributed by atoms with van der Waals surface area (Å²) in [7, 11) is 0. The van der Waals surface area contributed by atoms with Crippen LogP contribution in [0.5, 0.6) is 0 Å². The fourth-order valence-corrected chi connectivity index (χ4v) is 3.82. The molecule has 0 amide bonds. The number of thioether (sulfide) groups is 1. The normalized spacial score (nSPS) is 24.1. The van der Waals surface area contributed by atoms with Crippen molar-refractivity contribution in [3.63, 3.8) is 0 Å². The molecule has 0 saturated heterocycles. The first-order valence-corrected chi connectivity index (χ1v) is 9.49. The van der Waals surface area contributed by atoms with Crippen molar-refractivity contribution in [3.8, 4) is 0 Å². The smallest absolute Gasteiger partial charge is 0.191 e. The molecule has 128 valence electrons. The van der Waals surface area contributed by atoms with Crippen molar-refractivity contribution in [1.29, 1.82) is 0 Å². The number of nitrogens with zero attached hydrogens (tertiary/aromatic N) is 2. The molecule has 1 aromatic heterocycles. The lowest BCUT2D eigenvalue weighted by molar-refractivity contribution is -0.0154. The van der Waals surface area contributed by atoms with Crippen LogP contribution in [-0.4, -0.2) is 52.3 Å². The Morgan fingerprint density at radius 1 is 1.43 bits per heavy atom. The molecule has 1 aliphatic carbocycles. The number of guanidine groups is 1. The average Bonchev–Trinajstić information content (AvgIpc) is 2.57. The lowest BCUT2D eigenvalue weighted by Gasteiger charge is -2.44. The average molecular weight is 337 g/mol. The summed E-state index contributed by atoms with van der Waals surface area (Å²) >= 11 is 1.84. The van der Waals surface area contributed by atoms with Crippen molar-refractivity contribution in [1.82, 2.24) is 15.6 Å². The topological polar surface area (TPSA) is 69.5 Å². The molecule has 23 heavy (non-hydrogen) atoms. The van der Waals surface area contributed by atoms with Gasteiger partial charge in [-0.3, -0.25) is 9.98 Å². The Balaban J connectivity index is 1.82. The summed E-state index contributed by atoms with van der Waals surface area (Å²) in [4.78, 5) is 8.90. The molecule has 1 fully saturated rings. The van der Waals surface area contributed by atoms with Gasteiger partial charge in [0.1, 0.15) is 0 Å². The Hall–Kier alpha value is -1.27. The molecule has 0 aliphatic heterocycles. The SMILES string of the molecule is CCNC(=NCC1(O)CCC1SCC)NCCc1ccccn1. The molecule has 2 rings (SSSR count). The lowest BCUT2D eigenvalue weighted by Crippen LogP contribution is -2.53. The fourth-order valence-electron chi connectivity index (χ4n) is 2.63. The predicted octanol–water partition coefficient (Wildman–Crippen LogP) is 1.83. The van der Waals surface area contributed by atoms with Crippen molar-refractivity contribution in [2.75, 3.05) is 25.4 Å². The molecule has 6 heteroatoms. The van der Waals surface area contributed by atoms with Gasteiger partial charge in [0.15, 0.2) is 5.96 Å². The van der Waals surface area contributed by atoms with Gasteiger partial charge in [-0.15, -0.1) is 0 Å². The maximum Gasteiger partial charge on any atom is 0.191 e. The molecule has 0 spiro atoms. The van der Waals surface area contributed by atoms with Gasteiger partial charge in [0.25, 0.3) is 0 Å². The van der Waals surface area contributed by atoms with Crippen LogP contribution in [0, 0.1) is 0 Å². The number of aliphatic imine (C=N–C) groups is 1. The zero-order valence-corrected chi connectivity index (χ0v) is 14.9. The third kappa shape index (κ3) is 5.39. The number of aliphatic hydroxyl groups is 1. The highest BCUT2D eigenvalue weighted by atomic mass is 32.2. The van der Waals surface area contributed by atoms with Crippen LogP contribution in [0.4, 0.5) is 0 Å². The fraction of sp³-hybridized carbons (Fsp3) is 0.647. The molecular formula is C17H28N4OS. The molecule has 0 aromatic carbocycles. The zero-order chi connectivity index (χ0) is 16.5. The predicted molar refractivity (Wildman–Crippen MR) is 98.0 cm³/mol. The van der Waals surface area contributed by atoms with Gasteiger partial charge < -0.3 is 15.7 Å². The molecule has 2 atom stereocenters. The molecule has 0 bridgehead atoms. The summed E-state index contributed by atoms with van der Waals surface area (Å²) in [6.45, 7) is 6.22. The van der Waals surface area contributed by atoms with E-state index in [1.165, 1.54) is 0 Å². The van der Waals surface area contributed by atoms with E-state index in [9.17, 15) is 5.11 Å². The third-order valence-electron chi connectivity index (χ3n) is 4.06. The minimum atomic E-state index is -0.635. The number of hydrogen-bond acceptors (Lipinski definition) is 4. The minimum absolute atomic E-state index is 0.327. The van der Waals surface area contributed by atoms with Crippen LogP contribution in [0.3, 0.4) is 0 Å². The van der Waals surface area contributed by atoms with Crippen molar-refractivity contribution >= 4 is 17.7 Å². The van der Waals surface area contributed by atoms with E-state index in [0.29, 0.717) is 11.8 Å². The van der Waals surface area contributed by atoms with Crippen LogP contribution in [0.25, 0.3) is 0 Å². The molecule has 0 radical (unpaired) electrons. The summed E-state index contributed by atoms with van der Waals surface area (Å²) in [6, 6.07) is 5.95. The Morgan fingerprint density at radius 2 is 2.30 bits per heavy atom. The first-order chi connectivity index (χ1) is 11.2. The van der Waals surface area contributed by atoms with Crippen molar-refractivity contribution in [2.45, 2.75) is 44.0 Å². The number of aromatic nitrogens is 1. The summed E-state index contributed by atoms with van der Waals surface area (Å²) in [5, 5.41) is 17.5. The standard InChI is InChI=1S/C17H28N4OS/c1-3-18-16(20-12-9-14-7-5-6-11-19-14)21-13-17(22)10-8-15(17)23-4-2/h5-7,11,15,22H,3-4,8-10,12-13H2,1-2H3,(H2,18,20,21). The van der Waals surface area contributed by atoms with Gasteiger partial charge in [0, 0.05) is 36.7 Å². The van der Waals surface area contributed by atoms with Gasteiger partial charge in [0.05, 0.1) is 12.1 Å². The summed E-state index contributed by atoms with van der Waals surface area (Å²) in [6.07, 6.45) is 4.60. The first-order valence-electron chi connectivity index (χ1n) is 8.44. The Labute approximate surface area is 143 Å². The maximum absolute atomic E-state index is 10.6. The zero-order valence-electron chi connectivity index (χ0n) is 14.1. The number of rotatable bonds is 8. The number of pyridine rings is 1.